The largest absolute Gasteiger partial charge is 0.248 e. The Kier molecular flexibility index (Phi) is 9.56. The minimum atomic E-state index is 0.186. The van der Waals surface area contributed by atoms with Crippen molar-refractivity contribution in [3.8, 4) is 0 Å². The van der Waals surface area contributed by atoms with Gasteiger partial charge >= 0.3 is 0 Å². The highest BCUT2D eigenvalue weighted by Crippen LogP contribution is 2.40. The van der Waals surface area contributed by atoms with Crippen LogP contribution in [0.4, 0.5) is 0 Å². The Morgan fingerprint density at radius 1 is 0.789 bits per heavy atom. The molecule has 1 rings (SSSR count). The number of benzene rings is 1. The van der Waals surface area contributed by atoms with Crippen LogP contribution < -0.4 is 0 Å². The van der Waals surface area contributed by atoms with Crippen LogP contribution in [0.5, 0.6) is 0 Å². The van der Waals surface area contributed by atoms with Crippen LogP contribution in [0.3, 0.4) is 0 Å². The van der Waals surface area contributed by atoms with Crippen LogP contribution in [0, 0.1) is 0 Å². The van der Waals surface area contributed by atoms with Crippen molar-refractivity contribution in [2.24, 2.45) is 0 Å². The molecule has 0 radical (unpaired) electrons. The third-order valence-corrected chi connectivity index (χ3v) is 5.19. The summed E-state index contributed by atoms with van der Waals surface area (Å²) in [6, 6.07) is 2.52. The first kappa shape index (κ1) is 20.0. The van der Waals surface area contributed by atoms with E-state index in [0.717, 1.165) is 0 Å². The molecule has 110 valence electrons. The number of nitrogens with zero attached hydrogens (tertiary/aromatic N) is 1. The van der Waals surface area contributed by atoms with E-state index in [-0.39, 0.29) is 15.1 Å². The van der Waals surface area contributed by atoms with Gasteiger partial charge in [-0.2, -0.15) is 0 Å². The predicted molar refractivity (Wildman–Crippen MR) is 92.6 cm³/mol. The van der Waals surface area contributed by atoms with E-state index in [1.807, 2.05) is 4.31 Å². The molecule has 1 nitrogen and oxygen atoms in total. The zero-order chi connectivity index (χ0) is 15.3. The Bertz CT molecular complexity index is 389. The second-order valence-electron chi connectivity index (χ2n) is 4.35. The van der Waals surface area contributed by atoms with Gasteiger partial charge in [-0.3, -0.25) is 0 Å². The van der Waals surface area contributed by atoms with Crippen LogP contribution in [0.15, 0.2) is 6.07 Å². The third kappa shape index (κ3) is 6.52. The van der Waals surface area contributed by atoms with Crippen molar-refractivity contribution in [2.75, 3.05) is 0 Å². The molecule has 0 atom stereocenters. The van der Waals surface area contributed by atoms with Crippen molar-refractivity contribution in [3.05, 3.63) is 31.2 Å². The molecule has 0 spiro atoms. The van der Waals surface area contributed by atoms with Gasteiger partial charge in [0, 0.05) is 12.1 Å². The molecule has 0 saturated heterocycles. The van der Waals surface area contributed by atoms with Gasteiger partial charge in [0.1, 0.15) is 0 Å². The molecule has 0 fully saturated rings. The molecule has 7 heteroatoms. The van der Waals surface area contributed by atoms with Gasteiger partial charge in [-0.05, 0) is 33.8 Å². The quantitative estimate of drug-likeness (QED) is 0.330. The molecule has 1 aromatic rings. The number of rotatable bonds is 2. The Hall–Kier alpha value is 0.980. The van der Waals surface area contributed by atoms with Crippen molar-refractivity contribution < 1.29 is 0 Å². The van der Waals surface area contributed by atoms with E-state index in [9.17, 15) is 0 Å². The molecular formula is C12H16Cl5NS. The SMILES string of the molecule is CC(C)N(S)C(C)C.Clc1cc(Cl)c(Cl)c(Cl)c1Cl. The van der Waals surface area contributed by atoms with E-state index in [0.29, 0.717) is 22.1 Å². The molecule has 0 bridgehead atoms. The number of hydrogen-bond donors (Lipinski definition) is 1. The second-order valence-corrected chi connectivity index (χ2v) is 6.76. The molecule has 0 unspecified atom stereocenters. The summed E-state index contributed by atoms with van der Waals surface area (Å²) < 4.78 is 2.03. The van der Waals surface area contributed by atoms with Crippen molar-refractivity contribution in [2.45, 2.75) is 39.8 Å². The fourth-order valence-electron chi connectivity index (χ4n) is 1.14. The zero-order valence-corrected chi connectivity index (χ0v) is 15.7. The van der Waals surface area contributed by atoms with Gasteiger partial charge in [-0.25, -0.2) is 4.31 Å². The Labute approximate surface area is 145 Å². The van der Waals surface area contributed by atoms with Crippen LogP contribution in [0.1, 0.15) is 27.7 Å². The first-order chi connectivity index (χ1) is 8.59. The maximum Gasteiger partial charge on any atom is 0.0808 e. The van der Waals surface area contributed by atoms with Gasteiger partial charge in [-0.1, -0.05) is 70.8 Å². The summed E-state index contributed by atoms with van der Waals surface area (Å²) in [4.78, 5) is 0. The van der Waals surface area contributed by atoms with Crippen LogP contribution in [0.25, 0.3) is 0 Å². The lowest BCUT2D eigenvalue weighted by Gasteiger charge is -2.23. The fourth-order valence-corrected chi connectivity index (χ4v) is 2.25. The van der Waals surface area contributed by atoms with Crippen molar-refractivity contribution in [3.63, 3.8) is 0 Å². The zero-order valence-electron chi connectivity index (χ0n) is 11.0. The Balaban J connectivity index is 0.000000362. The Morgan fingerprint density at radius 2 is 1.11 bits per heavy atom. The molecule has 0 aliphatic carbocycles. The van der Waals surface area contributed by atoms with Crippen molar-refractivity contribution in [1.29, 1.82) is 0 Å². The third-order valence-electron chi connectivity index (χ3n) is 2.12. The molecular weight excluding hydrogens is 367 g/mol. The average molecular weight is 384 g/mol. The topological polar surface area (TPSA) is 3.24 Å². The first-order valence-corrected chi connectivity index (χ1v) is 7.84. The lowest BCUT2D eigenvalue weighted by atomic mass is 10.3. The summed E-state index contributed by atoms with van der Waals surface area (Å²) >= 11 is 32.5. The summed E-state index contributed by atoms with van der Waals surface area (Å²) in [7, 11) is 0. The second kappa shape index (κ2) is 9.09. The van der Waals surface area contributed by atoms with E-state index < -0.39 is 0 Å². The van der Waals surface area contributed by atoms with Crippen LogP contribution in [-0.4, -0.2) is 16.4 Å². The maximum atomic E-state index is 5.66. The smallest absolute Gasteiger partial charge is 0.0808 e. The van der Waals surface area contributed by atoms with E-state index in [2.05, 4.69) is 40.5 Å². The average Bonchev–Trinajstić information content (AvgIpc) is 2.33. The molecule has 0 aromatic heterocycles. The summed E-state index contributed by atoms with van der Waals surface area (Å²) in [6.07, 6.45) is 0. The van der Waals surface area contributed by atoms with Crippen molar-refractivity contribution in [1.82, 2.24) is 4.31 Å². The van der Waals surface area contributed by atoms with E-state index >= 15 is 0 Å². The minimum Gasteiger partial charge on any atom is -0.248 e. The molecule has 0 aliphatic rings. The van der Waals surface area contributed by atoms with Crippen LogP contribution in [-0.2, 0) is 0 Å². The predicted octanol–water partition coefficient (Wildman–Crippen LogP) is 6.90. The standard InChI is InChI=1S/C6HCl5.C6H15NS/c7-2-1-3(8)5(10)6(11)4(2)9;1-5(2)7(8)6(3)4/h1H;5-6,8H,1-4H3. The Morgan fingerprint density at radius 3 is 1.32 bits per heavy atom. The van der Waals surface area contributed by atoms with Gasteiger partial charge < -0.3 is 0 Å². The molecule has 0 N–H and O–H groups in total. The summed E-state index contributed by atoms with van der Waals surface area (Å²) in [5.74, 6) is 0. The summed E-state index contributed by atoms with van der Waals surface area (Å²) in [6.45, 7) is 8.53. The van der Waals surface area contributed by atoms with Gasteiger partial charge in [0.25, 0.3) is 0 Å². The molecule has 1 aromatic carbocycles. The summed E-state index contributed by atoms with van der Waals surface area (Å²) in [5, 5.41) is 1.23. The van der Waals surface area contributed by atoms with Gasteiger partial charge in [-0.15, -0.1) is 0 Å². The normalized spacial score (nSPS) is 11.0. The number of halogens is 5. The monoisotopic (exact) mass is 381 g/mol. The van der Waals surface area contributed by atoms with Crippen molar-refractivity contribution >= 4 is 70.8 Å². The highest BCUT2D eigenvalue weighted by Gasteiger charge is 2.11. The molecule has 0 saturated carbocycles. The molecule has 0 heterocycles. The lowest BCUT2D eigenvalue weighted by molar-refractivity contribution is 0.340. The maximum absolute atomic E-state index is 5.66. The van der Waals surface area contributed by atoms with Gasteiger partial charge in [0.15, 0.2) is 0 Å². The first-order valence-electron chi connectivity index (χ1n) is 5.55. The van der Waals surface area contributed by atoms with Gasteiger partial charge in [0.2, 0.25) is 0 Å². The highest BCUT2D eigenvalue weighted by atomic mass is 35.5. The highest BCUT2D eigenvalue weighted by molar-refractivity contribution is 7.77. The van der Waals surface area contributed by atoms with Crippen LogP contribution >= 0.6 is 70.8 Å². The number of hydrogen-bond acceptors (Lipinski definition) is 2. The number of thiol groups is 1. The van der Waals surface area contributed by atoms with E-state index in [4.69, 9.17) is 58.0 Å². The summed E-state index contributed by atoms with van der Waals surface area (Å²) in [5.41, 5.74) is 0. The molecule has 0 aliphatic heterocycles. The fraction of sp³-hybridized carbons (Fsp3) is 0.500. The molecule has 0 amide bonds. The van der Waals surface area contributed by atoms with E-state index in [1.165, 1.54) is 6.07 Å². The minimum absolute atomic E-state index is 0.186. The van der Waals surface area contributed by atoms with E-state index in [1.54, 1.807) is 0 Å². The van der Waals surface area contributed by atoms with Gasteiger partial charge in [0.05, 0.1) is 25.1 Å². The lowest BCUT2D eigenvalue weighted by Crippen LogP contribution is -2.27. The van der Waals surface area contributed by atoms with Crippen LogP contribution in [0.2, 0.25) is 25.1 Å². The molecule has 19 heavy (non-hydrogen) atoms.